The molecule has 0 aliphatic heterocycles. The lowest BCUT2D eigenvalue weighted by atomic mass is 9.99. The monoisotopic (exact) mass is 471 g/mol. The molecule has 2 heterocycles. The molecule has 178 valence electrons. The van der Waals surface area contributed by atoms with Crippen LogP contribution in [0.4, 0.5) is 0 Å². The predicted molar refractivity (Wildman–Crippen MR) is 130 cm³/mol. The maximum Gasteiger partial charge on any atom is 0.220 e. The number of benzene rings is 1. The average molecular weight is 472 g/mol. The smallest absolute Gasteiger partial charge is 0.220 e. The van der Waals surface area contributed by atoms with E-state index in [1.807, 2.05) is 33.0 Å². The van der Waals surface area contributed by atoms with Gasteiger partial charge in [-0.3, -0.25) is 9.48 Å². The van der Waals surface area contributed by atoms with E-state index in [1.54, 1.807) is 30.7 Å². The van der Waals surface area contributed by atoms with Crippen LogP contribution in [0.3, 0.4) is 0 Å². The van der Waals surface area contributed by atoms with Gasteiger partial charge in [-0.25, -0.2) is 18.1 Å². The van der Waals surface area contributed by atoms with Crippen molar-refractivity contribution < 1.29 is 13.2 Å². The number of sulfonamides is 1. The van der Waals surface area contributed by atoms with Crippen LogP contribution in [0.5, 0.6) is 0 Å². The Balaban J connectivity index is 1.57. The number of hydrogen-bond donors (Lipinski definition) is 2. The molecule has 2 N–H and O–H groups in total. The average Bonchev–Trinajstić information content (AvgIpc) is 2.99. The van der Waals surface area contributed by atoms with Gasteiger partial charge in [-0.1, -0.05) is 24.3 Å². The van der Waals surface area contributed by atoms with Gasteiger partial charge in [0.25, 0.3) is 0 Å². The molecule has 2 aromatic heterocycles. The van der Waals surface area contributed by atoms with Crippen molar-refractivity contribution in [3.8, 4) is 0 Å². The number of carbonyl (C=O) groups is 1. The van der Waals surface area contributed by atoms with E-state index < -0.39 is 10.0 Å². The van der Waals surface area contributed by atoms with E-state index >= 15 is 0 Å². The van der Waals surface area contributed by atoms with Crippen molar-refractivity contribution in [1.82, 2.24) is 24.8 Å². The van der Waals surface area contributed by atoms with E-state index in [0.717, 1.165) is 39.1 Å². The summed E-state index contributed by atoms with van der Waals surface area (Å²) in [5, 5.41) is 8.48. The van der Waals surface area contributed by atoms with E-state index in [2.05, 4.69) is 22.1 Å². The molecule has 0 saturated carbocycles. The third-order valence-corrected chi connectivity index (χ3v) is 7.16. The van der Waals surface area contributed by atoms with Crippen LogP contribution < -0.4 is 10.0 Å². The van der Waals surface area contributed by atoms with Crippen molar-refractivity contribution in [2.24, 2.45) is 7.05 Å². The highest BCUT2D eigenvalue weighted by Crippen LogP contribution is 2.26. The number of amides is 1. The minimum absolute atomic E-state index is 0.0374. The second kappa shape index (κ2) is 10.0. The molecule has 0 atom stereocenters. The van der Waals surface area contributed by atoms with Crippen LogP contribution in [-0.4, -0.2) is 35.1 Å². The SMILES string of the molecule is Cc1nc2c(c(C)nn2C)c(C)c1CCC(=O)NCc1ccc(CS(=O)(=O)NC(C)C)cc1. The molecule has 0 aliphatic carbocycles. The van der Waals surface area contributed by atoms with E-state index in [4.69, 9.17) is 4.98 Å². The fourth-order valence-electron chi connectivity index (χ4n) is 4.13. The molecule has 3 rings (SSSR count). The van der Waals surface area contributed by atoms with Gasteiger partial charge in [0.1, 0.15) is 0 Å². The van der Waals surface area contributed by atoms with Crippen LogP contribution >= 0.6 is 0 Å². The summed E-state index contributed by atoms with van der Waals surface area (Å²) in [7, 11) is -1.47. The van der Waals surface area contributed by atoms with Crippen LogP contribution in [0.2, 0.25) is 0 Å². The predicted octanol–water partition coefficient (Wildman–Crippen LogP) is 2.97. The summed E-state index contributed by atoms with van der Waals surface area (Å²) in [5.74, 6) is -0.102. The maximum atomic E-state index is 12.5. The number of fused-ring (bicyclic) bond motifs is 1. The molecule has 0 aliphatic rings. The zero-order valence-electron chi connectivity index (χ0n) is 20.2. The largest absolute Gasteiger partial charge is 0.352 e. The number of pyridine rings is 1. The Morgan fingerprint density at radius 2 is 1.70 bits per heavy atom. The van der Waals surface area contributed by atoms with Crippen LogP contribution in [0.15, 0.2) is 24.3 Å². The lowest BCUT2D eigenvalue weighted by molar-refractivity contribution is -0.121. The molecule has 9 heteroatoms. The van der Waals surface area contributed by atoms with E-state index in [0.29, 0.717) is 24.9 Å². The summed E-state index contributed by atoms with van der Waals surface area (Å²) in [4.78, 5) is 17.2. The van der Waals surface area contributed by atoms with Gasteiger partial charge < -0.3 is 5.32 Å². The number of hydrogen-bond acceptors (Lipinski definition) is 5. The normalized spacial score (nSPS) is 12.0. The van der Waals surface area contributed by atoms with Gasteiger partial charge in [0.2, 0.25) is 15.9 Å². The zero-order chi connectivity index (χ0) is 24.3. The summed E-state index contributed by atoms with van der Waals surface area (Å²) in [6.07, 6.45) is 0.978. The number of aromatic nitrogens is 3. The van der Waals surface area contributed by atoms with Crippen molar-refractivity contribution in [2.75, 3.05) is 0 Å². The van der Waals surface area contributed by atoms with E-state index in [-0.39, 0.29) is 17.7 Å². The molecule has 1 amide bonds. The van der Waals surface area contributed by atoms with Crippen LogP contribution in [0.25, 0.3) is 11.0 Å². The van der Waals surface area contributed by atoms with Crippen LogP contribution in [-0.2, 0) is 40.6 Å². The lowest BCUT2D eigenvalue weighted by Gasteiger charge is -2.12. The molecule has 1 aromatic carbocycles. The molecular formula is C24H33N5O3S. The number of aryl methyl sites for hydroxylation is 4. The first-order valence-corrected chi connectivity index (χ1v) is 12.8. The van der Waals surface area contributed by atoms with Gasteiger partial charge in [0.15, 0.2) is 5.65 Å². The molecule has 3 aromatic rings. The van der Waals surface area contributed by atoms with E-state index in [1.165, 1.54) is 0 Å². The highest BCUT2D eigenvalue weighted by Gasteiger charge is 2.16. The molecule has 0 spiro atoms. The molecule has 33 heavy (non-hydrogen) atoms. The van der Waals surface area contributed by atoms with Crippen molar-refractivity contribution in [1.29, 1.82) is 0 Å². The lowest BCUT2D eigenvalue weighted by Crippen LogP contribution is -2.31. The van der Waals surface area contributed by atoms with Crippen molar-refractivity contribution in [2.45, 2.75) is 65.8 Å². The first-order chi connectivity index (χ1) is 15.5. The molecule has 8 nitrogen and oxygen atoms in total. The number of nitrogens with zero attached hydrogens (tertiary/aromatic N) is 3. The second-order valence-electron chi connectivity index (χ2n) is 8.83. The highest BCUT2D eigenvalue weighted by molar-refractivity contribution is 7.88. The van der Waals surface area contributed by atoms with Crippen LogP contribution in [0.1, 0.15) is 53.9 Å². The molecule has 0 saturated heterocycles. The van der Waals surface area contributed by atoms with Gasteiger partial charge in [0.05, 0.1) is 11.4 Å². The molecule has 0 fully saturated rings. The number of nitrogens with one attached hydrogen (secondary N) is 2. The van der Waals surface area contributed by atoms with Gasteiger partial charge in [-0.15, -0.1) is 0 Å². The van der Waals surface area contributed by atoms with Crippen molar-refractivity contribution in [3.63, 3.8) is 0 Å². The minimum atomic E-state index is -3.36. The van der Waals surface area contributed by atoms with Crippen LogP contribution in [0, 0.1) is 20.8 Å². The molecular weight excluding hydrogens is 438 g/mol. The summed E-state index contributed by atoms with van der Waals surface area (Å²) in [6, 6.07) is 7.12. The Labute approximate surface area is 195 Å². The van der Waals surface area contributed by atoms with Gasteiger partial charge in [-0.2, -0.15) is 5.10 Å². The third kappa shape index (κ3) is 6.17. The minimum Gasteiger partial charge on any atom is -0.352 e. The summed E-state index contributed by atoms with van der Waals surface area (Å²) in [5.41, 5.74) is 6.59. The summed E-state index contributed by atoms with van der Waals surface area (Å²) < 4.78 is 28.5. The fourth-order valence-corrected chi connectivity index (χ4v) is 5.56. The Morgan fingerprint density at radius 3 is 2.33 bits per heavy atom. The Hall–Kier alpha value is -2.78. The zero-order valence-corrected chi connectivity index (χ0v) is 21.0. The fraction of sp³-hybridized carbons (Fsp3) is 0.458. The van der Waals surface area contributed by atoms with Gasteiger partial charge >= 0.3 is 0 Å². The van der Waals surface area contributed by atoms with Gasteiger partial charge in [0, 0.05) is 37.1 Å². The third-order valence-electron chi connectivity index (χ3n) is 5.62. The van der Waals surface area contributed by atoms with Crippen molar-refractivity contribution in [3.05, 3.63) is 57.9 Å². The Morgan fingerprint density at radius 1 is 1.06 bits per heavy atom. The molecule has 0 radical (unpaired) electrons. The van der Waals surface area contributed by atoms with E-state index in [9.17, 15) is 13.2 Å². The quantitative estimate of drug-likeness (QED) is 0.499. The topological polar surface area (TPSA) is 106 Å². The number of rotatable bonds is 9. The molecule has 0 bridgehead atoms. The first-order valence-electron chi connectivity index (χ1n) is 11.1. The standard InChI is InChI=1S/C24H33N5O3S/c1-15(2)28-33(31,32)14-20-9-7-19(8-10-20)13-25-22(30)12-11-21-16(3)23-18(5)27-29(6)24(23)26-17(21)4/h7-10,15,28H,11-14H2,1-6H3,(H,25,30). The van der Waals surface area contributed by atoms with Crippen molar-refractivity contribution >= 4 is 27.0 Å². The summed E-state index contributed by atoms with van der Waals surface area (Å²) in [6.45, 7) is 10.00. The number of carbonyl (C=O) groups excluding carboxylic acids is 1. The summed E-state index contributed by atoms with van der Waals surface area (Å²) >= 11 is 0. The Bertz CT molecular complexity index is 1260. The Kier molecular flexibility index (Phi) is 7.54. The highest BCUT2D eigenvalue weighted by atomic mass is 32.2. The first kappa shape index (κ1) is 24.9. The van der Waals surface area contributed by atoms with Gasteiger partial charge in [-0.05, 0) is 63.3 Å². The molecule has 0 unspecified atom stereocenters. The maximum absolute atomic E-state index is 12.5. The second-order valence-corrected chi connectivity index (χ2v) is 10.6.